The maximum Gasteiger partial charge on any atom is 0.0889 e. The summed E-state index contributed by atoms with van der Waals surface area (Å²) in [6.07, 6.45) is 1.89. The zero-order chi connectivity index (χ0) is 30.4. The van der Waals surface area contributed by atoms with Crippen LogP contribution in [0.5, 0.6) is 0 Å². The maximum atomic E-state index is 4.72. The molecule has 0 atom stereocenters. The molecule has 0 amide bonds. The average Bonchev–Trinajstić information content (AvgIpc) is 3.75. The number of pyridine rings is 1. The molecule has 0 saturated heterocycles. The van der Waals surface area contributed by atoms with Crippen LogP contribution < -0.4 is 0 Å². The number of nitrogens with zero attached hydrogens (tertiary/aromatic N) is 3. The summed E-state index contributed by atoms with van der Waals surface area (Å²) in [6, 6.07) is 51.0. The van der Waals surface area contributed by atoms with Crippen LogP contribution in [-0.4, -0.2) is 14.1 Å². The second-order valence-electron chi connectivity index (χ2n) is 12.1. The number of para-hydroxylation sites is 3. The molecule has 0 saturated carbocycles. The summed E-state index contributed by atoms with van der Waals surface area (Å²) in [5.41, 5.74) is 12.0. The lowest BCUT2D eigenvalue weighted by Crippen LogP contribution is -1.96. The van der Waals surface area contributed by atoms with Crippen molar-refractivity contribution in [2.75, 3.05) is 0 Å². The Bertz CT molecular complexity index is 2830. The highest BCUT2D eigenvalue weighted by atomic mass is 32.1. The summed E-state index contributed by atoms with van der Waals surface area (Å²) >= 11 is 1.80. The third-order valence-electron chi connectivity index (χ3n) is 9.50. The molecular formula is C42H27N3S. The Hall–Kier alpha value is -5.71. The summed E-state index contributed by atoms with van der Waals surface area (Å²) in [6.45, 7) is 2.19. The predicted octanol–water partition coefficient (Wildman–Crippen LogP) is 11.6. The third kappa shape index (κ3) is 3.62. The van der Waals surface area contributed by atoms with Crippen LogP contribution in [0.15, 0.2) is 146 Å². The second kappa shape index (κ2) is 9.64. The molecular weight excluding hydrogens is 579 g/mol. The van der Waals surface area contributed by atoms with Gasteiger partial charge in [0.15, 0.2) is 0 Å². The highest BCUT2D eigenvalue weighted by Crippen LogP contribution is 2.40. The number of hydrogen-bond donors (Lipinski definition) is 0. The molecule has 4 heteroatoms. The van der Waals surface area contributed by atoms with E-state index in [1.54, 1.807) is 11.3 Å². The van der Waals surface area contributed by atoms with Crippen molar-refractivity contribution in [1.29, 1.82) is 0 Å². The molecule has 3 nitrogen and oxygen atoms in total. The van der Waals surface area contributed by atoms with Gasteiger partial charge in [0.1, 0.15) is 0 Å². The standard InChI is InChI=1S/C42H27N3S/c1-26-9-2-5-12-35(26)45-37-14-7-4-11-31(37)33-24-28(17-20-39(33)45)27-16-19-38-32(23-27)30-10-3-6-13-36(30)44(38)29-18-21-40-34(25-29)42-41(46-40)15-8-22-43-42/h2-25H,1H3. The highest BCUT2D eigenvalue weighted by Gasteiger charge is 2.17. The van der Waals surface area contributed by atoms with Crippen LogP contribution in [0, 0.1) is 6.92 Å². The number of benzene rings is 6. The van der Waals surface area contributed by atoms with E-state index in [0.29, 0.717) is 0 Å². The van der Waals surface area contributed by atoms with Gasteiger partial charge in [-0.05, 0) is 96.4 Å². The van der Waals surface area contributed by atoms with Crippen LogP contribution in [0.4, 0.5) is 0 Å². The zero-order valence-electron chi connectivity index (χ0n) is 25.1. The molecule has 0 radical (unpaired) electrons. The smallest absolute Gasteiger partial charge is 0.0889 e. The van der Waals surface area contributed by atoms with Gasteiger partial charge in [-0.25, -0.2) is 0 Å². The summed E-state index contributed by atoms with van der Waals surface area (Å²) in [4.78, 5) is 4.72. The van der Waals surface area contributed by atoms with Gasteiger partial charge in [-0.1, -0.05) is 66.7 Å². The molecule has 46 heavy (non-hydrogen) atoms. The first kappa shape index (κ1) is 25.6. The Morgan fingerprint density at radius 3 is 1.85 bits per heavy atom. The highest BCUT2D eigenvalue weighted by molar-refractivity contribution is 7.25. The molecule has 0 unspecified atom stereocenters. The molecule has 0 bridgehead atoms. The van der Waals surface area contributed by atoms with Gasteiger partial charge in [0.25, 0.3) is 0 Å². The first-order valence-electron chi connectivity index (χ1n) is 15.6. The van der Waals surface area contributed by atoms with Gasteiger partial charge in [0.2, 0.25) is 0 Å². The minimum Gasteiger partial charge on any atom is -0.309 e. The van der Waals surface area contributed by atoms with Crippen molar-refractivity contribution in [2.24, 2.45) is 0 Å². The molecule has 0 aliphatic heterocycles. The molecule has 216 valence electrons. The van der Waals surface area contributed by atoms with Gasteiger partial charge in [-0.3, -0.25) is 4.98 Å². The van der Waals surface area contributed by atoms with E-state index in [1.165, 1.54) is 80.8 Å². The quantitative estimate of drug-likeness (QED) is 0.196. The van der Waals surface area contributed by atoms with Crippen LogP contribution in [-0.2, 0) is 0 Å². The van der Waals surface area contributed by atoms with E-state index in [1.807, 2.05) is 12.3 Å². The number of aryl methyl sites for hydroxylation is 1. The third-order valence-corrected chi connectivity index (χ3v) is 10.6. The molecule has 4 aromatic heterocycles. The SMILES string of the molecule is Cc1ccccc1-n1c2ccccc2c2cc(-c3ccc4c(c3)c3ccccc3n4-c3ccc4sc5cccnc5c4c3)ccc21. The van der Waals surface area contributed by atoms with Gasteiger partial charge >= 0.3 is 0 Å². The van der Waals surface area contributed by atoms with Crippen LogP contribution in [0.25, 0.3) is 86.4 Å². The summed E-state index contributed by atoms with van der Waals surface area (Å²) in [5, 5.41) is 6.25. The Kier molecular flexibility index (Phi) is 5.37. The van der Waals surface area contributed by atoms with Crippen molar-refractivity contribution < 1.29 is 0 Å². The maximum absolute atomic E-state index is 4.72. The van der Waals surface area contributed by atoms with Crippen molar-refractivity contribution in [3.05, 3.63) is 151 Å². The van der Waals surface area contributed by atoms with Crippen LogP contribution in [0.2, 0.25) is 0 Å². The van der Waals surface area contributed by atoms with Gasteiger partial charge < -0.3 is 9.13 Å². The molecule has 10 rings (SSSR count). The van der Waals surface area contributed by atoms with E-state index < -0.39 is 0 Å². The lowest BCUT2D eigenvalue weighted by atomic mass is 10.0. The van der Waals surface area contributed by atoms with Gasteiger partial charge in [-0.2, -0.15) is 0 Å². The summed E-state index contributed by atoms with van der Waals surface area (Å²) < 4.78 is 7.29. The molecule has 6 aromatic carbocycles. The second-order valence-corrected chi connectivity index (χ2v) is 13.2. The fourth-order valence-corrected chi connectivity index (χ4v) is 8.43. The van der Waals surface area contributed by atoms with E-state index in [-0.39, 0.29) is 0 Å². The Balaban J connectivity index is 1.18. The summed E-state index contributed by atoms with van der Waals surface area (Å²) in [5.74, 6) is 0. The topological polar surface area (TPSA) is 22.8 Å². The van der Waals surface area contributed by atoms with Crippen molar-refractivity contribution in [2.45, 2.75) is 6.92 Å². The lowest BCUT2D eigenvalue weighted by Gasteiger charge is -2.11. The number of hydrogen-bond acceptors (Lipinski definition) is 2. The molecule has 4 heterocycles. The molecule has 0 N–H and O–H groups in total. The Morgan fingerprint density at radius 1 is 0.478 bits per heavy atom. The fourth-order valence-electron chi connectivity index (χ4n) is 7.38. The van der Waals surface area contributed by atoms with Crippen LogP contribution in [0.1, 0.15) is 5.56 Å². The van der Waals surface area contributed by atoms with Crippen LogP contribution in [0.3, 0.4) is 0 Å². The number of thiophene rings is 1. The molecule has 0 fully saturated rings. The van der Waals surface area contributed by atoms with Crippen molar-refractivity contribution >= 4 is 75.3 Å². The van der Waals surface area contributed by atoms with Gasteiger partial charge in [0, 0.05) is 49.2 Å². The monoisotopic (exact) mass is 605 g/mol. The summed E-state index contributed by atoms with van der Waals surface area (Å²) in [7, 11) is 0. The minimum atomic E-state index is 1.08. The Labute approximate surface area is 269 Å². The largest absolute Gasteiger partial charge is 0.309 e. The first-order chi connectivity index (χ1) is 22.7. The number of fused-ring (bicyclic) bond motifs is 9. The van der Waals surface area contributed by atoms with Crippen molar-refractivity contribution in [3.8, 4) is 22.5 Å². The molecule has 0 aliphatic carbocycles. The molecule has 0 spiro atoms. The normalized spacial score (nSPS) is 12.0. The van der Waals surface area contributed by atoms with E-state index in [2.05, 4.69) is 150 Å². The fraction of sp³-hybridized carbons (Fsp3) is 0.0238. The van der Waals surface area contributed by atoms with Crippen molar-refractivity contribution in [1.82, 2.24) is 14.1 Å². The van der Waals surface area contributed by atoms with E-state index in [9.17, 15) is 0 Å². The molecule has 10 aromatic rings. The predicted molar refractivity (Wildman–Crippen MR) is 196 cm³/mol. The van der Waals surface area contributed by atoms with Crippen molar-refractivity contribution in [3.63, 3.8) is 0 Å². The Morgan fingerprint density at radius 2 is 1.11 bits per heavy atom. The van der Waals surface area contributed by atoms with Gasteiger partial charge in [0.05, 0.1) is 32.3 Å². The number of rotatable bonds is 3. The van der Waals surface area contributed by atoms with E-state index in [4.69, 9.17) is 4.98 Å². The average molecular weight is 606 g/mol. The molecule has 0 aliphatic rings. The lowest BCUT2D eigenvalue weighted by molar-refractivity contribution is 1.15. The zero-order valence-corrected chi connectivity index (χ0v) is 25.9. The van der Waals surface area contributed by atoms with E-state index >= 15 is 0 Å². The minimum absolute atomic E-state index is 1.08. The number of aromatic nitrogens is 3. The van der Waals surface area contributed by atoms with Gasteiger partial charge in [-0.15, -0.1) is 11.3 Å². The van der Waals surface area contributed by atoms with Crippen LogP contribution >= 0.6 is 11.3 Å². The first-order valence-corrected chi connectivity index (χ1v) is 16.4. The van der Waals surface area contributed by atoms with E-state index in [0.717, 1.165) is 11.2 Å².